The largest absolute Gasteiger partial charge is 0.475 e. The molecule has 1 heterocycles. The Labute approximate surface area is 97.7 Å². The van der Waals surface area contributed by atoms with E-state index in [-0.39, 0.29) is 17.7 Å². The minimum Gasteiger partial charge on any atom is -0.475 e. The van der Waals surface area contributed by atoms with Crippen LogP contribution < -0.4 is 0 Å². The number of halogens is 1. The summed E-state index contributed by atoms with van der Waals surface area (Å²) in [6.45, 7) is 5.31. The molecule has 90 valence electrons. The molecule has 0 radical (unpaired) electrons. The van der Waals surface area contributed by atoms with Crippen molar-refractivity contribution in [1.29, 1.82) is 0 Å². The number of fused-ring (bicyclic) bond motifs is 1. The quantitative estimate of drug-likeness (QED) is 0.872. The molecule has 0 saturated carbocycles. The van der Waals surface area contributed by atoms with E-state index >= 15 is 0 Å². The zero-order chi connectivity index (χ0) is 12.7. The van der Waals surface area contributed by atoms with Crippen LogP contribution in [0.4, 0.5) is 4.39 Å². The maximum absolute atomic E-state index is 13.5. The van der Waals surface area contributed by atoms with Crippen molar-refractivity contribution in [2.45, 2.75) is 26.8 Å². The molecule has 0 saturated heterocycles. The number of aromatic carboxylic acids is 1. The maximum atomic E-state index is 13.5. The van der Waals surface area contributed by atoms with Gasteiger partial charge >= 0.3 is 5.97 Å². The van der Waals surface area contributed by atoms with Crippen LogP contribution in [0.5, 0.6) is 0 Å². The predicted molar refractivity (Wildman–Crippen MR) is 61.8 cm³/mol. The van der Waals surface area contributed by atoms with Crippen molar-refractivity contribution in [3.8, 4) is 0 Å². The molecule has 0 unspecified atom stereocenters. The first-order valence-electron chi connectivity index (χ1n) is 5.33. The van der Waals surface area contributed by atoms with Crippen molar-refractivity contribution in [1.82, 2.24) is 9.55 Å². The fourth-order valence-electron chi connectivity index (χ4n) is 1.89. The first kappa shape index (κ1) is 11.6. The van der Waals surface area contributed by atoms with Crippen LogP contribution in [-0.2, 0) is 0 Å². The van der Waals surface area contributed by atoms with Gasteiger partial charge in [0.1, 0.15) is 5.82 Å². The molecule has 2 rings (SSSR count). The Morgan fingerprint density at radius 2 is 2.12 bits per heavy atom. The van der Waals surface area contributed by atoms with Gasteiger partial charge in [-0.05, 0) is 32.4 Å². The highest BCUT2D eigenvalue weighted by atomic mass is 19.1. The Morgan fingerprint density at radius 3 is 2.65 bits per heavy atom. The van der Waals surface area contributed by atoms with E-state index in [0.717, 1.165) is 0 Å². The van der Waals surface area contributed by atoms with Crippen molar-refractivity contribution in [3.05, 3.63) is 29.3 Å². The highest BCUT2D eigenvalue weighted by Gasteiger charge is 2.19. The van der Waals surface area contributed by atoms with E-state index in [1.807, 2.05) is 13.8 Å². The molecule has 0 aliphatic carbocycles. The zero-order valence-corrected chi connectivity index (χ0v) is 9.86. The monoisotopic (exact) mass is 236 g/mol. The molecule has 5 heteroatoms. The Balaban J connectivity index is 2.85. The van der Waals surface area contributed by atoms with E-state index < -0.39 is 5.97 Å². The summed E-state index contributed by atoms with van der Waals surface area (Å²) >= 11 is 0. The summed E-state index contributed by atoms with van der Waals surface area (Å²) in [6.07, 6.45) is 0. The van der Waals surface area contributed by atoms with Gasteiger partial charge in [-0.1, -0.05) is 0 Å². The van der Waals surface area contributed by atoms with Crippen molar-refractivity contribution in [2.75, 3.05) is 0 Å². The van der Waals surface area contributed by atoms with Gasteiger partial charge in [0.2, 0.25) is 5.82 Å². The third kappa shape index (κ3) is 1.77. The fraction of sp³-hybridized carbons (Fsp3) is 0.333. The van der Waals surface area contributed by atoms with E-state index in [2.05, 4.69) is 4.98 Å². The lowest BCUT2D eigenvalue weighted by molar-refractivity contribution is 0.0677. The smallest absolute Gasteiger partial charge is 0.372 e. The molecule has 0 fully saturated rings. The highest BCUT2D eigenvalue weighted by Crippen LogP contribution is 2.23. The van der Waals surface area contributed by atoms with E-state index in [1.165, 1.54) is 10.6 Å². The van der Waals surface area contributed by atoms with Crippen molar-refractivity contribution in [3.63, 3.8) is 0 Å². The summed E-state index contributed by atoms with van der Waals surface area (Å²) < 4.78 is 15.0. The minimum absolute atomic E-state index is 0.0556. The van der Waals surface area contributed by atoms with Gasteiger partial charge in [0, 0.05) is 12.1 Å². The fourth-order valence-corrected chi connectivity index (χ4v) is 1.89. The number of hydrogen-bond acceptors (Lipinski definition) is 2. The molecule has 4 nitrogen and oxygen atoms in total. The second-order valence-electron chi connectivity index (χ2n) is 4.29. The number of hydrogen-bond donors (Lipinski definition) is 1. The standard InChI is InChI=1S/C12H13FN2O2/c1-6(2)15-10-5-8(13)7(3)4-9(10)14-11(15)12(16)17/h4-6H,1-3H3,(H,16,17). The van der Waals surface area contributed by atoms with Gasteiger partial charge in [-0.15, -0.1) is 0 Å². The SMILES string of the molecule is Cc1cc2nc(C(=O)O)n(C(C)C)c2cc1F. The number of rotatable bonds is 2. The summed E-state index contributed by atoms with van der Waals surface area (Å²) in [5.74, 6) is -1.51. The Bertz CT molecular complexity index is 602. The molecule has 0 amide bonds. The van der Waals surface area contributed by atoms with Gasteiger partial charge in [-0.25, -0.2) is 14.2 Å². The number of benzene rings is 1. The second kappa shape index (κ2) is 3.84. The summed E-state index contributed by atoms with van der Waals surface area (Å²) in [5.41, 5.74) is 1.48. The van der Waals surface area contributed by atoms with Crippen LogP contribution in [0.3, 0.4) is 0 Å². The number of carboxylic acids is 1. The lowest BCUT2D eigenvalue weighted by Crippen LogP contribution is -2.11. The number of carbonyl (C=O) groups is 1. The summed E-state index contributed by atoms with van der Waals surface area (Å²) in [6, 6.07) is 2.81. The van der Waals surface area contributed by atoms with E-state index in [1.54, 1.807) is 13.0 Å². The highest BCUT2D eigenvalue weighted by molar-refractivity contribution is 5.90. The molecular weight excluding hydrogens is 223 g/mol. The van der Waals surface area contributed by atoms with Gasteiger partial charge in [-0.2, -0.15) is 0 Å². The molecule has 1 aromatic heterocycles. The zero-order valence-electron chi connectivity index (χ0n) is 9.86. The second-order valence-corrected chi connectivity index (χ2v) is 4.29. The number of carboxylic acid groups (broad SMARTS) is 1. The lowest BCUT2D eigenvalue weighted by atomic mass is 10.2. The van der Waals surface area contributed by atoms with Crippen LogP contribution in [0.25, 0.3) is 11.0 Å². The van der Waals surface area contributed by atoms with Crippen LogP contribution in [-0.4, -0.2) is 20.6 Å². The van der Waals surface area contributed by atoms with Crippen LogP contribution in [0.2, 0.25) is 0 Å². The van der Waals surface area contributed by atoms with Gasteiger partial charge in [0.05, 0.1) is 11.0 Å². The maximum Gasteiger partial charge on any atom is 0.372 e. The Kier molecular flexibility index (Phi) is 2.61. The van der Waals surface area contributed by atoms with Crippen molar-refractivity contribution < 1.29 is 14.3 Å². The Morgan fingerprint density at radius 1 is 1.47 bits per heavy atom. The molecule has 17 heavy (non-hydrogen) atoms. The summed E-state index contributed by atoms with van der Waals surface area (Å²) in [4.78, 5) is 15.1. The number of aromatic nitrogens is 2. The minimum atomic E-state index is -1.10. The molecule has 2 aromatic rings. The van der Waals surface area contributed by atoms with Crippen molar-refractivity contribution >= 4 is 17.0 Å². The van der Waals surface area contributed by atoms with Gasteiger partial charge < -0.3 is 9.67 Å². The first-order valence-corrected chi connectivity index (χ1v) is 5.33. The molecule has 0 aliphatic heterocycles. The average Bonchev–Trinajstić information content (AvgIpc) is 2.57. The number of nitrogens with zero attached hydrogens (tertiary/aromatic N) is 2. The van der Waals surface area contributed by atoms with E-state index in [9.17, 15) is 9.18 Å². The van der Waals surface area contributed by atoms with Crippen LogP contribution in [0.1, 0.15) is 36.1 Å². The number of imidazole rings is 1. The van der Waals surface area contributed by atoms with Gasteiger partial charge in [0.25, 0.3) is 0 Å². The van der Waals surface area contributed by atoms with Gasteiger partial charge in [-0.3, -0.25) is 0 Å². The Hall–Kier alpha value is -1.91. The van der Waals surface area contributed by atoms with Crippen LogP contribution in [0, 0.1) is 12.7 Å². The van der Waals surface area contributed by atoms with E-state index in [4.69, 9.17) is 5.11 Å². The first-order chi connectivity index (χ1) is 7.91. The predicted octanol–water partition coefficient (Wildman–Crippen LogP) is 2.76. The third-order valence-corrected chi connectivity index (χ3v) is 2.68. The summed E-state index contributed by atoms with van der Waals surface area (Å²) in [7, 11) is 0. The average molecular weight is 236 g/mol. The lowest BCUT2D eigenvalue weighted by Gasteiger charge is -2.10. The molecule has 0 spiro atoms. The molecule has 0 bridgehead atoms. The van der Waals surface area contributed by atoms with Crippen LogP contribution in [0.15, 0.2) is 12.1 Å². The number of aryl methyl sites for hydroxylation is 1. The van der Waals surface area contributed by atoms with Crippen molar-refractivity contribution in [2.24, 2.45) is 0 Å². The van der Waals surface area contributed by atoms with Crippen LogP contribution >= 0.6 is 0 Å². The summed E-state index contributed by atoms with van der Waals surface area (Å²) in [5, 5.41) is 9.08. The molecule has 1 N–H and O–H groups in total. The van der Waals surface area contributed by atoms with E-state index in [0.29, 0.717) is 16.6 Å². The molecule has 0 aliphatic rings. The van der Waals surface area contributed by atoms with Gasteiger partial charge in [0.15, 0.2) is 0 Å². The normalized spacial score (nSPS) is 11.4. The molecule has 1 aromatic carbocycles. The third-order valence-electron chi connectivity index (χ3n) is 2.68. The topological polar surface area (TPSA) is 55.1 Å². The molecule has 0 atom stereocenters. The molecular formula is C12H13FN2O2.